The lowest BCUT2D eigenvalue weighted by Crippen LogP contribution is -2.14. The number of hydrogen-bond donors (Lipinski definition) is 2. The Bertz CT molecular complexity index is 733. The van der Waals surface area contributed by atoms with Gasteiger partial charge in [-0.1, -0.05) is 23.7 Å². The maximum atomic E-state index is 13.6. The first-order valence-electron chi connectivity index (χ1n) is 6.19. The minimum atomic E-state index is -3.86. The van der Waals surface area contributed by atoms with Crippen molar-refractivity contribution in [2.24, 2.45) is 5.73 Å². The van der Waals surface area contributed by atoms with Crippen molar-refractivity contribution in [1.82, 2.24) is 0 Å². The molecule has 21 heavy (non-hydrogen) atoms. The van der Waals surface area contributed by atoms with Crippen molar-refractivity contribution in [3.05, 3.63) is 58.9 Å². The fourth-order valence-corrected chi connectivity index (χ4v) is 3.01. The van der Waals surface area contributed by atoms with Crippen LogP contribution in [0.1, 0.15) is 5.56 Å². The lowest BCUT2D eigenvalue weighted by Gasteiger charge is -2.10. The summed E-state index contributed by atoms with van der Waals surface area (Å²) in [6.45, 7) is 0.484. The Morgan fingerprint density at radius 1 is 1.14 bits per heavy atom. The summed E-state index contributed by atoms with van der Waals surface area (Å²) in [6.07, 6.45) is 0.663. The highest BCUT2D eigenvalue weighted by Gasteiger charge is 2.16. The number of nitrogens with two attached hydrogens (primary N) is 1. The molecule has 0 unspecified atom stereocenters. The zero-order valence-corrected chi connectivity index (χ0v) is 12.6. The molecule has 0 aromatic heterocycles. The number of sulfonamides is 1. The number of benzene rings is 2. The van der Waals surface area contributed by atoms with Crippen LogP contribution >= 0.6 is 11.6 Å². The van der Waals surface area contributed by atoms with E-state index >= 15 is 0 Å². The van der Waals surface area contributed by atoms with E-state index in [9.17, 15) is 12.8 Å². The number of halogens is 2. The van der Waals surface area contributed by atoms with Crippen LogP contribution in [0.15, 0.2) is 47.4 Å². The molecule has 0 amide bonds. The van der Waals surface area contributed by atoms with Crippen LogP contribution in [0, 0.1) is 5.82 Å². The molecule has 2 rings (SSSR count). The van der Waals surface area contributed by atoms with Crippen molar-refractivity contribution >= 4 is 27.3 Å². The van der Waals surface area contributed by atoms with E-state index in [0.717, 1.165) is 11.6 Å². The molecule has 7 heteroatoms. The minimum Gasteiger partial charge on any atom is -0.330 e. The van der Waals surface area contributed by atoms with Crippen LogP contribution in [-0.2, 0) is 16.4 Å². The standard InChI is InChI=1S/C14H14ClFN2O2S/c15-11-3-6-13(16)14(9-11)18-21(19,20)12-4-1-10(2-5-12)7-8-17/h1-6,9,18H,7-8,17H2. The smallest absolute Gasteiger partial charge is 0.261 e. The Labute approximate surface area is 127 Å². The predicted molar refractivity (Wildman–Crippen MR) is 81.4 cm³/mol. The Morgan fingerprint density at radius 2 is 1.81 bits per heavy atom. The molecule has 0 aliphatic rings. The highest BCUT2D eigenvalue weighted by Crippen LogP contribution is 2.23. The molecule has 0 aliphatic heterocycles. The van der Waals surface area contributed by atoms with Crippen LogP contribution in [0.25, 0.3) is 0 Å². The fraction of sp³-hybridized carbons (Fsp3) is 0.143. The Kier molecular flexibility index (Phi) is 4.82. The molecule has 112 valence electrons. The fourth-order valence-electron chi connectivity index (χ4n) is 1.78. The van der Waals surface area contributed by atoms with Crippen molar-refractivity contribution in [3.63, 3.8) is 0 Å². The molecule has 0 saturated carbocycles. The molecule has 2 aromatic carbocycles. The number of anilines is 1. The van der Waals surface area contributed by atoms with Gasteiger partial charge in [0.05, 0.1) is 10.6 Å². The summed E-state index contributed by atoms with van der Waals surface area (Å²) in [5, 5.41) is 0.243. The Morgan fingerprint density at radius 3 is 2.43 bits per heavy atom. The van der Waals surface area contributed by atoms with Gasteiger partial charge in [-0.15, -0.1) is 0 Å². The molecule has 4 nitrogen and oxygen atoms in total. The van der Waals surface area contributed by atoms with Gasteiger partial charge >= 0.3 is 0 Å². The zero-order valence-electron chi connectivity index (χ0n) is 11.0. The van der Waals surface area contributed by atoms with E-state index in [-0.39, 0.29) is 15.6 Å². The van der Waals surface area contributed by atoms with E-state index < -0.39 is 15.8 Å². The van der Waals surface area contributed by atoms with Gasteiger partial charge in [0.25, 0.3) is 10.0 Å². The molecule has 0 fully saturated rings. The van der Waals surface area contributed by atoms with Crippen molar-refractivity contribution in [3.8, 4) is 0 Å². The predicted octanol–water partition coefficient (Wildman–Crippen LogP) is 2.78. The average molecular weight is 329 g/mol. The SMILES string of the molecule is NCCc1ccc(S(=O)(=O)Nc2cc(Cl)ccc2F)cc1. The van der Waals surface area contributed by atoms with Gasteiger partial charge < -0.3 is 5.73 Å². The van der Waals surface area contributed by atoms with Gasteiger partial charge in [0.2, 0.25) is 0 Å². The molecule has 0 heterocycles. The summed E-state index contributed by atoms with van der Waals surface area (Å²) < 4.78 is 40.1. The van der Waals surface area contributed by atoms with Gasteiger partial charge in [-0.2, -0.15) is 0 Å². The van der Waals surface area contributed by atoms with Crippen LogP contribution in [-0.4, -0.2) is 15.0 Å². The first kappa shape index (κ1) is 15.8. The molecule has 0 radical (unpaired) electrons. The van der Waals surface area contributed by atoms with Crippen LogP contribution in [0.3, 0.4) is 0 Å². The first-order valence-corrected chi connectivity index (χ1v) is 8.05. The summed E-state index contributed by atoms with van der Waals surface area (Å²) in [6, 6.07) is 9.93. The van der Waals surface area contributed by atoms with Crippen LogP contribution in [0.2, 0.25) is 5.02 Å². The molecular weight excluding hydrogens is 315 g/mol. The topological polar surface area (TPSA) is 72.2 Å². The van der Waals surface area contributed by atoms with Crippen molar-refractivity contribution < 1.29 is 12.8 Å². The van der Waals surface area contributed by atoms with Crippen LogP contribution < -0.4 is 10.5 Å². The summed E-state index contributed by atoms with van der Waals surface area (Å²) >= 11 is 5.73. The lowest BCUT2D eigenvalue weighted by molar-refractivity contribution is 0.598. The molecule has 3 N–H and O–H groups in total. The molecule has 0 spiro atoms. The van der Waals surface area contributed by atoms with E-state index in [2.05, 4.69) is 4.72 Å². The lowest BCUT2D eigenvalue weighted by atomic mass is 10.2. The van der Waals surface area contributed by atoms with Gasteiger partial charge in [-0.25, -0.2) is 12.8 Å². The minimum absolute atomic E-state index is 0.0441. The van der Waals surface area contributed by atoms with Crippen molar-refractivity contribution in [2.75, 3.05) is 11.3 Å². The molecule has 0 atom stereocenters. The number of nitrogens with one attached hydrogen (secondary N) is 1. The van der Waals surface area contributed by atoms with Crippen molar-refractivity contribution in [1.29, 1.82) is 0 Å². The summed E-state index contributed by atoms with van der Waals surface area (Å²) in [4.78, 5) is 0.0441. The van der Waals surface area contributed by atoms with Gasteiger partial charge in [0.15, 0.2) is 0 Å². The third-order valence-electron chi connectivity index (χ3n) is 2.84. The zero-order chi connectivity index (χ0) is 15.5. The van der Waals surface area contributed by atoms with Gasteiger partial charge in [-0.3, -0.25) is 4.72 Å². The van der Waals surface area contributed by atoms with Gasteiger partial charge in [-0.05, 0) is 48.9 Å². The second-order valence-electron chi connectivity index (χ2n) is 4.41. The summed E-state index contributed by atoms with van der Waals surface area (Å²) in [5.74, 6) is -0.692. The average Bonchev–Trinajstić information content (AvgIpc) is 2.44. The van der Waals surface area contributed by atoms with Crippen LogP contribution in [0.5, 0.6) is 0 Å². The molecular formula is C14H14ClFN2O2S. The molecule has 0 saturated heterocycles. The van der Waals surface area contributed by atoms with E-state index in [4.69, 9.17) is 17.3 Å². The molecule has 0 aliphatic carbocycles. The van der Waals surface area contributed by atoms with E-state index in [1.54, 1.807) is 12.1 Å². The quantitative estimate of drug-likeness (QED) is 0.886. The normalized spacial score (nSPS) is 11.4. The third kappa shape index (κ3) is 3.93. The second kappa shape index (κ2) is 6.43. The maximum Gasteiger partial charge on any atom is 0.261 e. The summed E-state index contributed by atoms with van der Waals surface area (Å²) in [5.41, 5.74) is 6.18. The monoisotopic (exact) mass is 328 g/mol. The van der Waals surface area contributed by atoms with Crippen LogP contribution in [0.4, 0.5) is 10.1 Å². The van der Waals surface area contributed by atoms with Gasteiger partial charge in [0.1, 0.15) is 5.82 Å². The summed E-state index contributed by atoms with van der Waals surface area (Å²) in [7, 11) is -3.86. The number of rotatable bonds is 5. The highest BCUT2D eigenvalue weighted by atomic mass is 35.5. The number of hydrogen-bond acceptors (Lipinski definition) is 3. The molecule has 2 aromatic rings. The second-order valence-corrected chi connectivity index (χ2v) is 6.53. The first-order chi connectivity index (χ1) is 9.92. The van der Waals surface area contributed by atoms with E-state index in [1.807, 2.05) is 0 Å². The maximum absolute atomic E-state index is 13.6. The Balaban J connectivity index is 2.27. The highest BCUT2D eigenvalue weighted by molar-refractivity contribution is 7.92. The van der Waals surface area contributed by atoms with Gasteiger partial charge in [0, 0.05) is 5.02 Å². The van der Waals surface area contributed by atoms with Crippen molar-refractivity contribution in [2.45, 2.75) is 11.3 Å². The third-order valence-corrected chi connectivity index (χ3v) is 4.46. The Hall–Kier alpha value is -1.63. The van der Waals surface area contributed by atoms with E-state index in [1.165, 1.54) is 24.3 Å². The molecule has 0 bridgehead atoms. The van der Waals surface area contributed by atoms with E-state index in [0.29, 0.717) is 13.0 Å². The largest absolute Gasteiger partial charge is 0.330 e.